The van der Waals surface area contributed by atoms with Gasteiger partial charge in [0.1, 0.15) is 11.4 Å². The summed E-state index contributed by atoms with van der Waals surface area (Å²) in [6, 6.07) is 7.21. The molecule has 5 heteroatoms. The summed E-state index contributed by atoms with van der Waals surface area (Å²) < 4.78 is 5.50. The predicted molar refractivity (Wildman–Crippen MR) is 75.8 cm³/mol. The molecule has 1 saturated carbocycles. The van der Waals surface area contributed by atoms with E-state index in [9.17, 15) is 9.90 Å². The lowest BCUT2D eigenvalue weighted by Crippen LogP contribution is -2.64. The molecular formula is C15H18ClNO3. The van der Waals surface area contributed by atoms with Crippen LogP contribution in [0.15, 0.2) is 24.3 Å². The molecule has 1 aromatic carbocycles. The van der Waals surface area contributed by atoms with Crippen LogP contribution in [0, 0.1) is 5.92 Å². The molecular weight excluding hydrogens is 278 g/mol. The molecule has 1 saturated heterocycles. The smallest absolute Gasteiger partial charge is 0.226 e. The molecule has 2 fully saturated rings. The molecule has 1 aromatic rings. The summed E-state index contributed by atoms with van der Waals surface area (Å²) in [7, 11) is 0. The van der Waals surface area contributed by atoms with Gasteiger partial charge in [0.25, 0.3) is 0 Å². The van der Waals surface area contributed by atoms with Crippen LogP contribution in [-0.2, 0) is 4.79 Å². The van der Waals surface area contributed by atoms with E-state index >= 15 is 0 Å². The van der Waals surface area contributed by atoms with Gasteiger partial charge in [-0.2, -0.15) is 0 Å². The van der Waals surface area contributed by atoms with Crippen molar-refractivity contribution in [3.05, 3.63) is 29.3 Å². The number of ether oxygens (including phenoxy) is 1. The molecule has 0 bridgehead atoms. The maximum absolute atomic E-state index is 11.9. The lowest BCUT2D eigenvalue weighted by atomic mass is 9.88. The second-order valence-corrected chi connectivity index (χ2v) is 6.06. The molecule has 1 aliphatic carbocycles. The maximum atomic E-state index is 11.9. The van der Waals surface area contributed by atoms with E-state index in [0.29, 0.717) is 42.8 Å². The molecule has 1 N–H and O–H groups in total. The van der Waals surface area contributed by atoms with Crippen molar-refractivity contribution in [3.63, 3.8) is 0 Å². The third-order valence-electron chi connectivity index (χ3n) is 4.03. The zero-order valence-electron chi connectivity index (χ0n) is 11.2. The SMILES string of the molecule is O=C(CCOc1ccccc1Cl)N1CC(O)(C2CC2)C1. The van der Waals surface area contributed by atoms with Gasteiger partial charge in [0.15, 0.2) is 0 Å². The Bertz CT molecular complexity index is 510. The number of para-hydroxylation sites is 1. The Labute approximate surface area is 123 Å². The quantitative estimate of drug-likeness (QED) is 0.905. The Morgan fingerprint density at radius 3 is 2.75 bits per heavy atom. The minimum absolute atomic E-state index is 0.0300. The molecule has 0 aromatic heterocycles. The van der Waals surface area contributed by atoms with E-state index in [4.69, 9.17) is 16.3 Å². The topological polar surface area (TPSA) is 49.8 Å². The number of halogens is 1. The number of carbonyl (C=O) groups is 1. The molecule has 108 valence electrons. The summed E-state index contributed by atoms with van der Waals surface area (Å²) in [5.74, 6) is 1.04. The fourth-order valence-electron chi connectivity index (χ4n) is 2.64. The molecule has 0 radical (unpaired) electrons. The monoisotopic (exact) mass is 295 g/mol. The van der Waals surface area contributed by atoms with Crippen LogP contribution in [0.5, 0.6) is 5.75 Å². The number of rotatable bonds is 5. The van der Waals surface area contributed by atoms with Gasteiger partial charge in [-0.1, -0.05) is 23.7 Å². The lowest BCUT2D eigenvalue weighted by Gasteiger charge is -2.47. The van der Waals surface area contributed by atoms with Gasteiger partial charge < -0.3 is 14.7 Å². The highest BCUT2D eigenvalue weighted by atomic mass is 35.5. The number of benzene rings is 1. The van der Waals surface area contributed by atoms with Crippen molar-refractivity contribution in [2.45, 2.75) is 24.9 Å². The molecule has 3 rings (SSSR count). The van der Waals surface area contributed by atoms with Gasteiger partial charge in [-0.05, 0) is 30.9 Å². The van der Waals surface area contributed by atoms with Crippen molar-refractivity contribution in [2.75, 3.05) is 19.7 Å². The van der Waals surface area contributed by atoms with E-state index in [-0.39, 0.29) is 5.91 Å². The number of β-amino-alcohol motifs (C(OH)–C–C–N with tert-alkyl or cyclic N) is 1. The second-order valence-electron chi connectivity index (χ2n) is 5.66. The van der Waals surface area contributed by atoms with Gasteiger partial charge >= 0.3 is 0 Å². The summed E-state index contributed by atoms with van der Waals surface area (Å²) in [6.45, 7) is 1.26. The number of carbonyl (C=O) groups excluding carboxylic acids is 1. The molecule has 4 nitrogen and oxygen atoms in total. The molecule has 1 aliphatic heterocycles. The Morgan fingerprint density at radius 2 is 2.10 bits per heavy atom. The van der Waals surface area contributed by atoms with Crippen LogP contribution in [0.2, 0.25) is 5.02 Å². The van der Waals surface area contributed by atoms with Crippen molar-refractivity contribution in [1.82, 2.24) is 4.90 Å². The van der Waals surface area contributed by atoms with Gasteiger partial charge in [0.05, 0.1) is 31.1 Å². The Kier molecular flexibility index (Phi) is 3.61. The van der Waals surface area contributed by atoms with Gasteiger partial charge in [0, 0.05) is 0 Å². The van der Waals surface area contributed by atoms with Gasteiger partial charge in [0.2, 0.25) is 5.91 Å². The largest absolute Gasteiger partial charge is 0.491 e. The van der Waals surface area contributed by atoms with Crippen molar-refractivity contribution in [1.29, 1.82) is 0 Å². The summed E-state index contributed by atoms with van der Waals surface area (Å²) in [5.41, 5.74) is -0.612. The summed E-state index contributed by atoms with van der Waals surface area (Å²) >= 11 is 5.97. The van der Waals surface area contributed by atoms with Crippen LogP contribution in [-0.4, -0.2) is 41.2 Å². The lowest BCUT2D eigenvalue weighted by molar-refractivity contribution is -0.159. The Morgan fingerprint density at radius 1 is 1.40 bits per heavy atom. The highest BCUT2D eigenvalue weighted by Crippen LogP contribution is 2.44. The normalized spacial score (nSPS) is 20.4. The number of hydrogen-bond donors (Lipinski definition) is 1. The van der Waals surface area contributed by atoms with E-state index in [1.165, 1.54) is 0 Å². The highest BCUT2D eigenvalue weighted by Gasteiger charge is 2.52. The maximum Gasteiger partial charge on any atom is 0.226 e. The predicted octanol–water partition coefficient (Wildman–Crippen LogP) is 2.09. The molecule has 0 atom stereocenters. The number of amides is 1. The summed E-state index contributed by atoms with van der Waals surface area (Å²) in [5, 5.41) is 10.7. The van der Waals surface area contributed by atoms with Crippen LogP contribution in [0.4, 0.5) is 0 Å². The second kappa shape index (κ2) is 5.26. The third kappa shape index (κ3) is 2.76. The molecule has 2 aliphatic rings. The zero-order valence-corrected chi connectivity index (χ0v) is 12.0. The fraction of sp³-hybridized carbons (Fsp3) is 0.533. The van der Waals surface area contributed by atoms with Crippen molar-refractivity contribution < 1.29 is 14.6 Å². The van der Waals surface area contributed by atoms with E-state index in [1.807, 2.05) is 12.1 Å². The summed E-state index contributed by atoms with van der Waals surface area (Å²) in [6.07, 6.45) is 2.49. The van der Waals surface area contributed by atoms with Crippen LogP contribution in [0.25, 0.3) is 0 Å². The van der Waals surface area contributed by atoms with Crippen LogP contribution < -0.4 is 4.74 Å². The first-order valence-electron chi connectivity index (χ1n) is 6.96. The van der Waals surface area contributed by atoms with Gasteiger partial charge in [-0.15, -0.1) is 0 Å². The van der Waals surface area contributed by atoms with Gasteiger partial charge in [-0.3, -0.25) is 4.79 Å². The number of aliphatic hydroxyl groups is 1. The zero-order chi connectivity index (χ0) is 14.2. The molecule has 20 heavy (non-hydrogen) atoms. The third-order valence-corrected chi connectivity index (χ3v) is 4.34. The van der Waals surface area contributed by atoms with Crippen molar-refractivity contribution in [2.24, 2.45) is 5.92 Å². The number of nitrogens with zero attached hydrogens (tertiary/aromatic N) is 1. The molecule has 1 amide bonds. The van der Waals surface area contributed by atoms with E-state index in [0.717, 1.165) is 12.8 Å². The first kappa shape index (κ1) is 13.7. The molecule has 0 spiro atoms. The Balaban J connectivity index is 1.41. The first-order chi connectivity index (χ1) is 9.58. The van der Waals surface area contributed by atoms with Gasteiger partial charge in [-0.25, -0.2) is 0 Å². The van der Waals surface area contributed by atoms with Crippen LogP contribution in [0.3, 0.4) is 0 Å². The van der Waals surface area contributed by atoms with Crippen molar-refractivity contribution >= 4 is 17.5 Å². The first-order valence-corrected chi connectivity index (χ1v) is 7.34. The fourth-order valence-corrected chi connectivity index (χ4v) is 2.83. The van der Waals surface area contributed by atoms with Crippen molar-refractivity contribution in [3.8, 4) is 5.75 Å². The average Bonchev–Trinajstić information content (AvgIpc) is 3.21. The van der Waals surface area contributed by atoms with Crippen LogP contribution in [0.1, 0.15) is 19.3 Å². The minimum Gasteiger partial charge on any atom is -0.491 e. The van der Waals surface area contributed by atoms with Crippen LogP contribution >= 0.6 is 11.6 Å². The standard InChI is InChI=1S/C15H18ClNO3/c16-12-3-1-2-4-13(12)20-8-7-14(18)17-9-15(19,10-17)11-5-6-11/h1-4,11,19H,5-10H2. The Hall–Kier alpha value is -1.26. The highest BCUT2D eigenvalue weighted by molar-refractivity contribution is 6.32. The van der Waals surface area contributed by atoms with E-state index in [1.54, 1.807) is 17.0 Å². The average molecular weight is 296 g/mol. The number of hydrogen-bond acceptors (Lipinski definition) is 3. The molecule has 1 heterocycles. The minimum atomic E-state index is -0.612. The summed E-state index contributed by atoms with van der Waals surface area (Å²) in [4.78, 5) is 13.6. The number of likely N-dealkylation sites (tertiary alicyclic amines) is 1. The van der Waals surface area contributed by atoms with E-state index < -0.39 is 5.60 Å². The van der Waals surface area contributed by atoms with E-state index in [2.05, 4.69) is 0 Å². The molecule has 0 unspecified atom stereocenters.